The number of hydrogen-bond donors (Lipinski definition) is 2. The second-order valence-corrected chi connectivity index (χ2v) is 4.09. The summed E-state index contributed by atoms with van der Waals surface area (Å²) in [6.07, 6.45) is -0.201. The van der Waals surface area contributed by atoms with Crippen LogP contribution in [-0.4, -0.2) is 22.8 Å². The number of aryl methyl sites for hydroxylation is 2. The van der Waals surface area contributed by atoms with Crippen LogP contribution in [0.3, 0.4) is 0 Å². The lowest BCUT2D eigenvalue weighted by molar-refractivity contribution is -0.150. The molecule has 0 fully saturated rings. The van der Waals surface area contributed by atoms with E-state index in [-0.39, 0.29) is 5.75 Å². The highest BCUT2D eigenvalue weighted by Gasteiger charge is 2.21. The predicted molar refractivity (Wildman–Crippen MR) is 64.2 cm³/mol. The van der Waals surface area contributed by atoms with Crippen LogP contribution in [0.15, 0.2) is 12.1 Å². The van der Waals surface area contributed by atoms with Crippen LogP contribution in [0, 0.1) is 13.8 Å². The summed E-state index contributed by atoms with van der Waals surface area (Å²) < 4.78 is 5.31. The molecule has 4 nitrogen and oxygen atoms in total. The van der Waals surface area contributed by atoms with Gasteiger partial charge < -0.3 is 14.9 Å². The van der Waals surface area contributed by atoms with E-state index in [0.29, 0.717) is 23.3 Å². The minimum Gasteiger partial charge on any atom is -0.507 e. The van der Waals surface area contributed by atoms with E-state index in [1.165, 1.54) is 0 Å². The molecular weight excluding hydrogens is 220 g/mol. The third kappa shape index (κ3) is 3.20. The largest absolute Gasteiger partial charge is 0.507 e. The van der Waals surface area contributed by atoms with Gasteiger partial charge in [-0.05, 0) is 49.1 Å². The SMILES string of the molecule is CCCOC(C(=O)O)c1cc(C)c(O)c(C)c1. The van der Waals surface area contributed by atoms with E-state index in [1.807, 2.05) is 6.92 Å². The molecule has 0 aromatic heterocycles. The number of phenols is 1. The van der Waals surface area contributed by atoms with Gasteiger partial charge in [0.25, 0.3) is 0 Å². The molecule has 0 aliphatic rings. The smallest absolute Gasteiger partial charge is 0.337 e. The quantitative estimate of drug-likeness (QED) is 0.827. The maximum absolute atomic E-state index is 11.1. The fourth-order valence-corrected chi connectivity index (χ4v) is 1.69. The van der Waals surface area contributed by atoms with Crippen molar-refractivity contribution in [3.05, 3.63) is 28.8 Å². The molecule has 0 saturated carbocycles. The molecule has 1 rings (SSSR count). The normalized spacial score (nSPS) is 12.4. The van der Waals surface area contributed by atoms with Crippen LogP contribution in [0.1, 0.15) is 36.1 Å². The molecular formula is C13H18O4. The van der Waals surface area contributed by atoms with E-state index in [1.54, 1.807) is 26.0 Å². The Kier molecular flexibility index (Phi) is 4.52. The van der Waals surface area contributed by atoms with Crippen LogP contribution < -0.4 is 0 Å². The van der Waals surface area contributed by atoms with E-state index in [4.69, 9.17) is 9.84 Å². The second kappa shape index (κ2) is 5.68. The Labute approximate surface area is 101 Å². The van der Waals surface area contributed by atoms with Crippen LogP contribution in [0.5, 0.6) is 5.75 Å². The molecule has 1 aromatic carbocycles. The zero-order valence-corrected chi connectivity index (χ0v) is 10.4. The number of hydrogen-bond acceptors (Lipinski definition) is 3. The predicted octanol–water partition coefficient (Wildman–Crippen LogP) is 2.56. The molecule has 2 N–H and O–H groups in total. The molecule has 4 heteroatoms. The molecule has 0 radical (unpaired) electrons. The fraction of sp³-hybridized carbons (Fsp3) is 0.462. The lowest BCUT2D eigenvalue weighted by Gasteiger charge is -2.15. The first-order valence-electron chi connectivity index (χ1n) is 5.61. The Balaban J connectivity index is 3.06. The van der Waals surface area contributed by atoms with Crippen molar-refractivity contribution in [1.82, 2.24) is 0 Å². The minimum absolute atomic E-state index is 0.202. The second-order valence-electron chi connectivity index (χ2n) is 4.09. The Morgan fingerprint density at radius 2 is 1.88 bits per heavy atom. The Hall–Kier alpha value is -1.55. The van der Waals surface area contributed by atoms with Gasteiger partial charge in [0, 0.05) is 6.61 Å². The zero-order valence-electron chi connectivity index (χ0n) is 10.4. The average Bonchev–Trinajstić information content (AvgIpc) is 2.25. The Morgan fingerprint density at radius 1 is 1.35 bits per heavy atom. The Bertz CT molecular complexity index is 389. The first-order chi connectivity index (χ1) is 7.97. The summed E-state index contributed by atoms with van der Waals surface area (Å²) in [4.78, 5) is 11.1. The number of carboxylic acid groups (broad SMARTS) is 1. The third-order valence-electron chi connectivity index (χ3n) is 2.53. The van der Waals surface area contributed by atoms with Crippen LogP contribution in [0.25, 0.3) is 0 Å². The van der Waals surface area contributed by atoms with Crippen molar-refractivity contribution in [2.75, 3.05) is 6.61 Å². The first kappa shape index (κ1) is 13.5. The molecule has 94 valence electrons. The van der Waals surface area contributed by atoms with Gasteiger partial charge in [-0.25, -0.2) is 4.79 Å². The standard InChI is InChI=1S/C13H18O4/c1-4-5-17-12(13(15)16)10-6-8(2)11(14)9(3)7-10/h6-7,12,14H,4-5H2,1-3H3,(H,15,16). The fourth-order valence-electron chi connectivity index (χ4n) is 1.69. The number of rotatable bonds is 5. The molecule has 0 aliphatic heterocycles. The van der Waals surface area contributed by atoms with Gasteiger partial charge in [0.1, 0.15) is 5.75 Å². The number of aromatic hydroxyl groups is 1. The first-order valence-corrected chi connectivity index (χ1v) is 5.61. The van der Waals surface area contributed by atoms with Crippen molar-refractivity contribution in [3.63, 3.8) is 0 Å². The summed E-state index contributed by atoms with van der Waals surface area (Å²) in [6, 6.07) is 3.30. The number of phenolic OH excluding ortho intramolecular Hbond substituents is 1. The molecule has 1 unspecified atom stereocenters. The molecule has 0 amide bonds. The Morgan fingerprint density at radius 3 is 2.29 bits per heavy atom. The van der Waals surface area contributed by atoms with Crippen molar-refractivity contribution < 1.29 is 19.7 Å². The summed E-state index contributed by atoms with van der Waals surface area (Å²) in [5.74, 6) is -0.809. The maximum atomic E-state index is 11.1. The summed E-state index contributed by atoms with van der Waals surface area (Å²) in [7, 11) is 0. The highest BCUT2D eigenvalue weighted by atomic mass is 16.5. The number of ether oxygens (including phenoxy) is 1. The van der Waals surface area contributed by atoms with Gasteiger partial charge in [0.05, 0.1) is 0 Å². The summed E-state index contributed by atoms with van der Waals surface area (Å²) >= 11 is 0. The van der Waals surface area contributed by atoms with Gasteiger partial charge in [-0.3, -0.25) is 0 Å². The van der Waals surface area contributed by atoms with Gasteiger partial charge in [-0.1, -0.05) is 6.92 Å². The van der Waals surface area contributed by atoms with Crippen LogP contribution in [0.4, 0.5) is 0 Å². The number of carbonyl (C=O) groups is 1. The number of benzene rings is 1. The summed E-state index contributed by atoms with van der Waals surface area (Å²) in [6.45, 7) is 5.80. The lowest BCUT2D eigenvalue weighted by atomic mass is 10.0. The highest BCUT2D eigenvalue weighted by Crippen LogP contribution is 2.27. The van der Waals surface area contributed by atoms with Crippen molar-refractivity contribution >= 4 is 5.97 Å². The van der Waals surface area contributed by atoms with Crippen molar-refractivity contribution in [1.29, 1.82) is 0 Å². The molecule has 0 spiro atoms. The maximum Gasteiger partial charge on any atom is 0.337 e. The average molecular weight is 238 g/mol. The molecule has 17 heavy (non-hydrogen) atoms. The van der Waals surface area contributed by atoms with Crippen molar-refractivity contribution in [2.45, 2.75) is 33.3 Å². The monoisotopic (exact) mass is 238 g/mol. The van der Waals surface area contributed by atoms with Gasteiger partial charge >= 0.3 is 5.97 Å². The van der Waals surface area contributed by atoms with Gasteiger partial charge in [-0.2, -0.15) is 0 Å². The van der Waals surface area contributed by atoms with E-state index < -0.39 is 12.1 Å². The van der Waals surface area contributed by atoms with Gasteiger partial charge in [-0.15, -0.1) is 0 Å². The summed E-state index contributed by atoms with van der Waals surface area (Å²) in [5, 5.41) is 18.8. The third-order valence-corrected chi connectivity index (χ3v) is 2.53. The lowest BCUT2D eigenvalue weighted by Crippen LogP contribution is -2.16. The van der Waals surface area contributed by atoms with Crippen LogP contribution in [0.2, 0.25) is 0 Å². The molecule has 1 aromatic rings. The van der Waals surface area contributed by atoms with Gasteiger partial charge in [0.15, 0.2) is 6.10 Å². The molecule has 0 saturated heterocycles. The number of carboxylic acids is 1. The van der Waals surface area contributed by atoms with Crippen molar-refractivity contribution in [2.24, 2.45) is 0 Å². The molecule has 1 atom stereocenters. The molecule has 0 bridgehead atoms. The minimum atomic E-state index is -1.01. The van der Waals surface area contributed by atoms with E-state index in [2.05, 4.69) is 0 Å². The van der Waals surface area contributed by atoms with Gasteiger partial charge in [0.2, 0.25) is 0 Å². The van der Waals surface area contributed by atoms with E-state index in [0.717, 1.165) is 6.42 Å². The van der Waals surface area contributed by atoms with Crippen LogP contribution >= 0.6 is 0 Å². The number of aliphatic carboxylic acids is 1. The zero-order chi connectivity index (χ0) is 13.0. The van der Waals surface area contributed by atoms with E-state index in [9.17, 15) is 9.90 Å². The highest BCUT2D eigenvalue weighted by molar-refractivity contribution is 5.74. The summed E-state index contributed by atoms with van der Waals surface area (Å²) in [5.41, 5.74) is 1.89. The van der Waals surface area contributed by atoms with Crippen molar-refractivity contribution in [3.8, 4) is 5.75 Å². The van der Waals surface area contributed by atoms with E-state index >= 15 is 0 Å². The topological polar surface area (TPSA) is 66.8 Å². The molecule has 0 heterocycles. The molecule has 0 aliphatic carbocycles. The van der Waals surface area contributed by atoms with Crippen LogP contribution in [-0.2, 0) is 9.53 Å².